The zero-order chi connectivity index (χ0) is 12.8. The van der Waals surface area contributed by atoms with Gasteiger partial charge in [-0.05, 0) is 11.1 Å². The van der Waals surface area contributed by atoms with Crippen LogP contribution in [0.5, 0.6) is 0 Å². The van der Waals surface area contributed by atoms with Crippen molar-refractivity contribution in [2.75, 3.05) is 38.6 Å². The molecule has 0 spiro atoms. The summed E-state index contributed by atoms with van der Waals surface area (Å²) in [4.78, 5) is 4.93. The quantitative estimate of drug-likeness (QED) is 0.821. The molecule has 0 radical (unpaired) electrons. The molecule has 0 unspecified atom stereocenters. The highest BCUT2D eigenvalue weighted by atomic mass is 35.5. The van der Waals surface area contributed by atoms with Crippen LogP contribution in [0.15, 0.2) is 24.3 Å². The van der Waals surface area contributed by atoms with Crippen molar-refractivity contribution in [3.8, 4) is 0 Å². The minimum atomic E-state index is 0.622. The van der Waals surface area contributed by atoms with E-state index in [0.717, 1.165) is 45.1 Å². The zero-order valence-corrected chi connectivity index (χ0v) is 11.6. The monoisotopic (exact) mass is 267 g/mol. The fourth-order valence-corrected chi connectivity index (χ4v) is 2.64. The zero-order valence-electron chi connectivity index (χ0n) is 10.8. The Hall–Kier alpha value is -0.610. The molecule has 100 valence electrons. The SMILES string of the molecule is NCc1cccc(CN2CCN(CCCl)CC2)c1. The second-order valence-corrected chi connectivity index (χ2v) is 5.21. The molecule has 0 bridgehead atoms. The van der Waals surface area contributed by atoms with Gasteiger partial charge in [-0.3, -0.25) is 9.80 Å². The third-order valence-electron chi connectivity index (χ3n) is 3.50. The number of halogens is 1. The summed E-state index contributed by atoms with van der Waals surface area (Å²) in [5, 5.41) is 0. The van der Waals surface area contributed by atoms with Crippen molar-refractivity contribution in [1.82, 2.24) is 9.80 Å². The highest BCUT2D eigenvalue weighted by Gasteiger charge is 2.16. The van der Waals surface area contributed by atoms with E-state index in [4.69, 9.17) is 17.3 Å². The molecule has 1 saturated heterocycles. The van der Waals surface area contributed by atoms with Crippen LogP contribution in [0.25, 0.3) is 0 Å². The van der Waals surface area contributed by atoms with Gasteiger partial charge in [0.1, 0.15) is 0 Å². The molecule has 1 aliphatic rings. The van der Waals surface area contributed by atoms with Gasteiger partial charge in [0.25, 0.3) is 0 Å². The average molecular weight is 268 g/mol. The summed E-state index contributed by atoms with van der Waals surface area (Å²) in [7, 11) is 0. The lowest BCUT2D eigenvalue weighted by molar-refractivity contribution is 0.132. The van der Waals surface area contributed by atoms with Gasteiger partial charge >= 0.3 is 0 Å². The van der Waals surface area contributed by atoms with E-state index in [1.54, 1.807) is 0 Å². The normalized spacial score (nSPS) is 18.1. The molecule has 0 aromatic heterocycles. The fraction of sp³-hybridized carbons (Fsp3) is 0.571. The molecule has 0 aliphatic carbocycles. The maximum Gasteiger partial charge on any atom is 0.0351 e. The first-order valence-electron chi connectivity index (χ1n) is 6.60. The number of nitrogens with two attached hydrogens (primary N) is 1. The van der Waals surface area contributed by atoms with E-state index >= 15 is 0 Å². The first-order valence-corrected chi connectivity index (χ1v) is 7.14. The van der Waals surface area contributed by atoms with Crippen LogP contribution in [-0.2, 0) is 13.1 Å². The predicted molar refractivity (Wildman–Crippen MR) is 76.8 cm³/mol. The van der Waals surface area contributed by atoms with E-state index < -0.39 is 0 Å². The number of alkyl halides is 1. The number of nitrogens with zero attached hydrogens (tertiary/aromatic N) is 2. The lowest BCUT2D eigenvalue weighted by atomic mass is 10.1. The van der Waals surface area contributed by atoms with Gasteiger partial charge in [-0.15, -0.1) is 11.6 Å². The third-order valence-corrected chi connectivity index (χ3v) is 3.67. The molecule has 1 aromatic carbocycles. The number of piperazine rings is 1. The third kappa shape index (κ3) is 3.95. The molecule has 2 N–H and O–H groups in total. The summed E-state index contributed by atoms with van der Waals surface area (Å²) in [5.74, 6) is 0.735. The van der Waals surface area contributed by atoms with Crippen molar-refractivity contribution < 1.29 is 0 Å². The van der Waals surface area contributed by atoms with Crippen LogP contribution in [-0.4, -0.2) is 48.4 Å². The molecule has 0 amide bonds. The van der Waals surface area contributed by atoms with Crippen LogP contribution in [0.1, 0.15) is 11.1 Å². The average Bonchev–Trinajstić information content (AvgIpc) is 2.42. The van der Waals surface area contributed by atoms with Gasteiger partial charge in [0.05, 0.1) is 0 Å². The summed E-state index contributed by atoms with van der Waals surface area (Å²) in [6.45, 7) is 7.18. The lowest BCUT2D eigenvalue weighted by Crippen LogP contribution is -2.46. The van der Waals surface area contributed by atoms with Crippen molar-refractivity contribution in [2.24, 2.45) is 5.73 Å². The standard InChI is InChI=1S/C14H22ClN3/c15-4-5-17-6-8-18(9-7-17)12-14-3-1-2-13(10-14)11-16/h1-3,10H,4-9,11-12,16H2. The first kappa shape index (κ1) is 13.8. The van der Waals surface area contributed by atoms with E-state index in [1.165, 1.54) is 11.1 Å². The van der Waals surface area contributed by atoms with Gasteiger partial charge in [0.15, 0.2) is 0 Å². The van der Waals surface area contributed by atoms with Crippen molar-refractivity contribution in [1.29, 1.82) is 0 Å². The molecule has 3 nitrogen and oxygen atoms in total. The minimum absolute atomic E-state index is 0.622. The molecule has 0 atom stereocenters. The van der Waals surface area contributed by atoms with Crippen LogP contribution in [0.4, 0.5) is 0 Å². The van der Waals surface area contributed by atoms with Crippen LogP contribution in [0.3, 0.4) is 0 Å². The molecule has 1 aromatic rings. The smallest absolute Gasteiger partial charge is 0.0351 e. The summed E-state index contributed by atoms with van der Waals surface area (Å²) < 4.78 is 0. The summed E-state index contributed by atoms with van der Waals surface area (Å²) in [6, 6.07) is 8.58. The lowest BCUT2D eigenvalue weighted by Gasteiger charge is -2.34. The van der Waals surface area contributed by atoms with E-state index in [1.807, 2.05) is 0 Å². The highest BCUT2D eigenvalue weighted by Crippen LogP contribution is 2.10. The van der Waals surface area contributed by atoms with E-state index in [0.29, 0.717) is 6.54 Å². The first-order chi connectivity index (χ1) is 8.81. The number of hydrogen-bond donors (Lipinski definition) is 1. The Labute approximate surface area is 115 Å². The second-order valence-electron chi connectivity index (χ2n) is 4.83. The molecular weight excluding hydrogens is 246 g/mol. The minimum Gasteiger partial charge on any atom is -0.326 e. The summed E-state index contributed by atoms with van der Waals surface area (Å²) >= 11 is 5.77. The Balaban J connectivity index is 1.83. The maximum atomic E-state index is 5.77. The number of benzene rings is 1. The summed E-state index contributed by atoms with van der Waals surface area (Å²) in [5.41, 5.74) is 8.25. The largest absolute Gasteiger partial charge is 0.326 e. The Morgan fingerprint density at radius 3 is 2.39 bits per heavy atom. The molecule has 1 heterocycles. The Morgan fingerprint density at radius 1 is 1.06 bits per heavy atom. The van der Waals surface area contributed by atoms with Gasteiger partial charge in [-0.25, -0.2) is 0 Å². The van der Waals surface area contributed by atoms with E-state index in [2.05, 4.69) is 34.1 Å². The second kappa shape index (κ2) is 7.10. The predicted octanol–water partition coefficient (Wildman–Crippen LogP) is 1.50. The molecule has 1 aliphatic heterocycles. The topological polar surface area (TPSA) is 32.5 Å². The van der Waals surface area contributed by atoms with Gasteiger partial charge in [-0.2, -0.15) is 0 Å². The highest BCUT2D eigenvalue weighted by molar-refractivity contribution is 6.18. The van der Waals surface area contributed by atoms with Crippen LogP contribution in [0.2, 0.25) is 0 Å². The van der Waals surface area contributed by atoms with Crippen molar-refractivity contribution in [3.05, 3.63) is 35.4 Å². The van der Waals surface area contributed by atoms with Gasteiger partial charge in [0, 0.05) is 51.7 Å². The van der Waals surface area contributed by atoms with E-state index in [-0.39, 0.29) is 0 Å². The van der Waals surface area contributed by atoms with Crippen molar-refractivity contribution in [3.63, 3.8) is 0 Å². The Kier molecular flexibility index (Phi) is 5.45. The summed E-state index contributed by atoms with van der Waals surface area (Å²) in [6.07, 6.45) is 0. The van der Waals surface area contributed by atoms with Crippen molar-refractivity contribution in [2.45, 2.75) is 13.1 Å². The number of hydrogen-bond acceptors (Lipinski definition) is 3. The van der Waals surface area contributed by atoms with Gasteiger partial charge in [0.2, 0.25) is 0 Å². The molecule has 0 saturated carbocycles. The molecule has 4 heteroatoms. The molecule has 1 fully saturated rings. The van der Waals surface area contributed by atoms with Crippen molar-refractivity contribution >= 4 is 11.6 Å². The molecule has 2 rings (SSSR count). The number of rotatable bonds is 5. The van der Waals surface area contributed by atoms with E-state index in [9.17, 15) is 0 Å². The Bertz CT molecular complexity index is 362. The van der Waals surface area contributed by atoms with Gasteiger partial charge < -0.3 is 5.73 Å². The maximum absolute atomic E-state index is 5.77. The van der Waals surface area contributed by atoms with Crippen LogP contribution in [0, 0.1) is 0 Å². The molecular formula is C14H22ClN3. The van der Waals surface area contributed by atoms with Crippen LogP contribution < -0.4 is 5.73 Å². The Morgan fingerprint density at radius 2 is 1.72 bits per heavy atom. The van der Waals surface area contributed by atoms with Crippen LogP contribution >= 0.6 is 11.6 Å². The van der Waals surface area contributed by atoms with Gasteiger partial charge in [-0.1, -0.05) is 24.3 Å². The molecule has 18 heavy (non-hydrogen) atoms. The fourth-order valence-electron chi connectivity index (χ4n) is 2.40.